The molecular formula is C30H36N2O5. The largest absolute Gasteiger partial charge is 0.497 e. The van der Waals surface area contributed by atoms with E-state index in [9.17, 15) is 4.79 Å². The van der Waals surface area contributed by atoms with Gasteiger partial charge in [-0.3, -0.25) is 0 Å². The highest BCUT2D eigenvalue weighted by Gasteiger charge is 2.02. The quantitative estimate of drug-likeness (QED) is 0.147. The van der Waals surface area contributed by atoms with Gasteiger partial charge < -0.3 is 19.3 Å². The van der Waals surface area contributed by atoms with Gasteiger partial charge >= 0.3 is 5.97 Å². The Balaban J connectivity index is 1.16. The molecule has 3 aromatic rings. The van der Waals surface area contributed by atoms with Crippen molar-refractivity contribution in [1.82, 2.24) is 0 Å². The predicted octanol–water partition coefficient (Wildman–Crippen LogP) is 8.39. The number of hydrogen-bond donors (Lipinski definition) is 1. The SMILES string of the molecule is COc1ccc(N=Nc2ccc(OCCCCCCCCCCOc3ccc(C(=O)O)cc3)cc2)cc1. The Labute approximate surface area is 219 Å². The zero-order valence-electron chi connectivity index (χ0n) is 21.5. The number of nitrogens with zero attached hydrogens (tertiary/aromatic N) is 2. The number of unbranched alkanes of at least 4 members (excludes halogenated alkanes) is 7. The van der Waals surface area contributed by atoms with Gasteiger partial charge in [0.1, 0.15) is 17.2 Å². The summed E-state index contributed by atoms with van der Waals surface area (Å²) >= 11 is 0. The summed E-state index contributed by atoms with van der Waals surface area (Å²) in [7, 11) is 1.64. The molecule has 0 amide bonds. The Bertz CT molecular complexity index is 1080. The third-order valence-corrected chi connectivity index (χ3v) is 5.87. The van der Waals surface area contributed by atoms with Crippen molar-refractivity contribution in [2.45, 2.75) is 51.4 Å². The van der Waals surface area contributed by atoms with E-state index in [0.717, 1.165) is 54.5 Å². The fourth-order valence-electron chi connectivity index (χ4n) is 3.71. The van der Waals surface area contributed by atoms with Crippen molar-refractivity contribution in [3.63, 3.8) is 0 Å². The Morgan fingerprint density at radius 3 is 1.38 bits per heavy atom. The molecule has 3 rings (SSSR count). The Hall–Kier alpha value is -3.87. The zero-order valence-corrected chi connectivity index (χ0v) is 21.5. The summed E-state index contributed by atoms with van der Waals surface area (Å²) in [5, 5.41) is 17.4. The third kappa shape index (κ3) is 10.7. The summed E-state index contributed by atoms with van der Waals surface area (Å²) in [5.74, 6) is 1.44. The lowest BCUT2D eigenvalue weighted by Gasteiger charge is -2.07. The second-order valence-corrected chi connectivity index (χ2v) is 8.75. The molecule has 0 spiro atoms. The van der Waals surface area contributed by atoms with Crippen molar-refractivity contribution < 1.29 is 24.1 Å². The van der Waals surface area contributed by atoms with Crippen LogP contribution in [-0.2, 0) is 0 Å². The van der Waals surface area contributed by atoms with Gasteiger partial charge in [-0.1, -0.05) is 38.5 Å². The van der Waals surface area contributed by atoms with E-state index < -0.39 is 5.97 Å². The number of carboxylic acids is 1. The summed E-state index contributed by atoms with van der Waals surface area (Å²) < 4.78 is 16.7. The molecular weight excluding hydrogens is 468 g/mol. The number of hydrogen-bond acceptors (Lipinski definition) is 6. The maximum Gasteiger partial charge on any atom is 0.335 e. The highest BCUT2D eigenvalue weighted by atomic mass is 16.5. The molecule has 0 aliphatic heterocycles. The molecule has 0 fully saturated rings. The molecule has 0 aliphatic rings. The molecule has 0 radical (unpaired) electrons. The molecule has 0 aromatic heterocycles. The van der Waals surface area contributed by atoms with Crippen LogP contribution in [0.25, 0.3) is 0 Å². The van der Waals surface area contributed by atoms with Crippen LogP contribution in [0.3, 0.4) is 0 Å². The number of rotatable bonds is 17. The summed E-state index contributed by atoms with van der Waals surface area (Å²) in [6.07, 6.45) is 9.28. The fraction of sp³-hybridized carbons (Fsp3) is 0.367. The molecule has 7 nitrogen and oxygen atoms in total. The topological polar surface area (TPSA) is 89.7 Å². The van der Waals surface area contributed by atoms with Crippen LogP contribution in [0.15, 0.2) is 83.0 Å². The number of ether oxygens (including phenoxy) is 3. The van der Waals surface area contributed by atoms with Crippen LogP contribution >= 0.6 is 0 Å². The molecule has 0 saturated heterocycles. The molecule has 1 N–H and O–H groups in total. The predicted molar refractivity (Wildman–Crippen MR) is 145 cm³/mol. The highest BCUT2D eigenvalue weighted by molar-refractivity contribution is 5.87. The average molecular weight is 505 g/mol. The molecule has 0 atom stereocenters. The van der Waals surface area contributed by atoms with Gasteiger partial charge in [-0.2, -0.15) is 10.2 Å². The number of azo groups is 1. The minimum Gasteiger partial charge on any atom is -0.497 e. The molecule has 0 bridgehead atoms. The summed E-state index contributed by atoms with van der Waals surface area (Å²) in [6.45, 7) is 1.38. The van der Waals surface area contributed by atoms with E-state index in [0.29, 0.717) is 6.61 Å². The van der Waals surface area contributed by atoms with Gasteiger partial charge in [-0.25, -0.2) is 4.79 Å². The van der Waals surface area contributed by atoms with Crippen LogP contribution in [0.1, 0.15) is 61.7 Å². The number of carboxylic acid groups (broad SMARTS) is 1. The first-order chi connectivity index (χ1) is 18.1. The second kappa shape index (κ2) is 16.0. The number of aromatic carboxylic acids is 1. The molecule has 37 heavy (non-hydrogen) atoms. The zero-order chi connectivity index (χ0) is 26.1. The lowest BCUT2D eigenvalue weighted by atomic mass is 10.1. The van der Waals surface area contributed by atoms with E-state index in [4.69, 9.17) is 19.3 Å². The fourth-order valence-corrected chi connectivity index (χ4v) is 3.71. The monoisotopic (exact) mass is 504 g/mol. The number of carbonyl (C=O) groups is 1. The van der Waals surface area contributed by atoms with Gasteiger partial charge in [0, 0.05) is 0 Å². The molecule has 0 aliphatic carbocycles. The maximum atomic E-state index is 10.9. The van der Waals surface area contributed by atoms with Crippen LogP contribution in [0, 0.1) is 0 Å². The van der Waals surface area contributed by atoms with Crippen molar-refractivity contribution in [3.05, 3.63) is 78.4 Å². The van der Waals surface area contributed by atoms with Crippen LogP contribution < -0.4 is 14.2 Å². The Morgan fingerprint density at radius 1 is 0.595 bits per heavy atom. The number of methoxy groups -OCH3 is 1. The van der Waals surface area contributed by atoms with Crippen molar-refractivity contribution in [2.24, 2.45) is 10.2 Å². The second-order valence-electron chi connectivity index (χ2n) is 8.75. The smallest absolute Gasteiger partial charge is 0.335 e. The lowest BCUT2D eigenvalue weighted by Crippen LogP contribution is -1.99. The van der Waals surface area contributed by atoms with Crippen molar-refractivity contribution in [3.8, 4) is 17.2 Å². The van der Waals surface area contributed by atoms with Crippen molar-refractivity contribution in [1.29, 1.82) is 0 Å². The Morgan fingerprint density at radius 2 is 0.973 bits per heavy atom. The minimum atomic E-state index is -0.921. The van der Waals surface area contributed by atoms with Crippen molar-refractivity contribution in [2.75, 3.05) is 20.3 Å². The minimum absolute atomic E-state index is 0.276. The Kier molecular flexibility index (Phi) is 12.0. The molecule has 0 saturated carbocycles. The van der Waals surface area contributed by atoms with Crippen LogP contribution in [-0.4, -0.2) is 31.4 Å². The van der Waals surface area contributed by atoms with E-state index >= 15 is 0 Å². The van der Waals surface area contributed by atoms with Gasteiger partial charge in [0.05, 0.1) is 37.3 Å². The standard InChI is InChI=1S/C30H36N2O5/c1-35-27-18-12-25(13-19-27)31-32-26-14-20-29(21-15-26)37-23-9-7-5-3-2-4-6-8-22-36-28-16-10-24(11-17-28)30(33)34/h10-21H,2-9,22-23H2,1H3,(H,33,34). The normalized spacial score (nSPS) is 10.9. The van der Waals surface area contributed by atoms with Gasteiger partial charge in [0.2, 0.25) is 0 Å². The van der Waals surface area contributed by atoms with Crippen molar-refractivity contribution >= 4 is 17.3 Å². The van der Waals surface area contributed by atoms with Gasteiger partial charge in [0.15, 0.2) is 0 Å². The van der Waals surface area contributed by atoms with Gasteiger partial charge in [-0.05, 0) is 85.6 Å². The first-order valence-corrected chi connectivity index (χ1v) is 12.9. The molecule has 7 heteroatoms. The lowest BCUT2D eigenvalue weighted by molar-refractivity contribution is 0.0697. The van der Waals surface area contributed by atoms with E-state index in [1.165, 1.54) is 32.1 Å². The first-order valence-electron chi connectivity index (χ1n) is 12.9. The van der Waals surface area contributed by atoms with E-state index in [2.05, 4.69) is 10.2 Å². The first kappa shape index (κ1) is 27.7. The van der Waals surface area contributed by atoms with Crippen LogP contribution in [0.5, 0.6) is 17.2 Å². The van der Waals surface area contributed by atoms with E-state index in [-0.39, 0.29) is 5.56 Å². The van der Waals surface area contributed by atoms with Gasteiger partial charge in [-0.15, -0.1) is 0 Å². The molecule has 3 aromatic carbocycles. The van der Waals surface area contributed by atoms with Crippen LogP contribution in [0.4, 0.5) is 11.4 Å². The third-order valence-electron chi connectivity index (χ3n) is 5.87. The van der Waals surface area contributed by atoms with E-state index in [1.54, 1.807) is 31.4 Å². The van der Waals surface area contributed by atoms with Gasteiger partial charge in [0.25, 0.3) is 0 Å². The molecule has 0 unspecified atom stereocenters. The summed E-state index contributed by atoms with van der Waals surface area (Å²) in [5.41, 5.74) is 1.83. The number of benzene rings is 3. The highest BCUT2D eigenvalue weighted by Crippen LogP contribution is 2.23. The average Bonchev–Trinajstić information content (AvgIpc) is 2.93. The maximum absolute atomic E-state index is 10.9. The van der Waals surface area contributed by atoms with E-state index in [1.807, 2.05) is 48.5 Å². The summed E-state index contributed by atoms with van der Waals surface area (Å²) in [4.78, 5) is 10.9. The molecule has 0 heterocycles. The van der Waals surface area contributed by atoms with Crippen LogP contribution in [0.2, 0.25) is 0 Å². The summed E-state index contributed by atoms with van der Waals surface area (Å²) in [6, 6.07) is 21.7. The molecule has 196 valence electrons.